The maximum atomic E-state index is 5.74. The van der Waals surface area contributed by atoms with Crippen LogP contribution in [0.2, 0.25) is 0 Å². The van der Waals surface area contributed by atoms with Crippen LogP contribution >= 0.6 is 0 Å². The van der Waals surface area contributed by atoms with Gasteiger partial charge in [0.05, 0.1) is 6.61 Å². The average molecular weight is 297 g/mol. The zero-order valence-corrected chi connectivity index (χ0v) is 14.4. The Morgan fingerprint density at radius 3 is 2.71 bits per heavy atom. The first kappa shape index (κ1) is 17.2. The van der Waals surface area contributed by atoms with Gasteiger partial charge in [-0.3, -0.25) is 4.90 Å². The first-order chi connectivity index (χ1) is 10.2. The maximum absolute atomic E-state index is 5.74. The summed E-state index contributed by atoms with van der Waals surface area (Å²) < 4.78 is 5.74. The Morgan fingerprint density at radius 2 is 2.10 bits per heavy atom. The van der Waals surface area contributed by atoms with Gasteiger partial charge in [0.2, 0.25) is 0 Å². The van der Waals surface area contributed by atoms with Crippen molar-refractivity contribution < 1.29 is 4.74 Å². The maximum Gasteiger partial charge on any atom is 0.0547 e. The smallest absolute Gasteiger partial charge is 0.0547 e. The molecule has 2 atom stereocenters. The Labute approximate surface area is 131 Å². The summed E-state index contributed by atoms with van der Waals surface area (Å²) in [6.45, 7) is 17.0. The van der Waals surface area contributed by atoms with Gasteiger partial charge in [0.25, 0.3) is 0 Å². The standard InChI is InChI=1S/C17H35N3O/c1-4-9-18-13-17(8-11-21-15-17)14-19-10-7-16(12-19)20(5-2)6-3/h16,18H,4-15H2,1-3H3. The van der Waals surface area contributed by atoms with Crippen LogP contribution in [0, 0.1) is 5.41 Å². The van der Waals surface area contributed by atoms with Crippen molar-refractivity contribution in [3.8, 4) is 0 Å². The number of hydrogen-bond donors (Lipinski definition) is 1. The van der Waals surface area contributed by atoms with Crippen molar-refractivity contribution in [2.24, 2.45) is 5.41 Å². The molecule has 2 fully saturated rings. The molecule has 2 unspecified atom stereocenters. The molecule has 0 saturated carbocycles. The SMILES string of the molecule is CCCNCC1(CN2CCC(N(CC)CC)C2)CCOC1. The molecule has 0 amide bonds. The largest absolute Gasteiger partial charge is 0.381 e. The fourth-order valence-corrected chi connectivity index (χ4v) is 3.97. The molecule has 4 nitrogen and oxygen atoms in total. The second kappa shape index (κ2) is 8.47. The molecule has 0 aromatic carbocycles. The van der Waals surface area contributed by atoms with Crippen molar-refractivity contribution in [3.63, 3.8) is 0 Å². The van der Waals surface area contributed by atoms with E-state index in [1.54, 1.807) is 0 Å². The highest BCUT2D eigenvalue weighted by Gasteiger charge is 2.38. The lowest BCUT2D eigenvalue weighted by Gasteiger charge is -2.33. The quantitative estimate of drug-likeness (QED) is 0.657. The van der Waals surface area contributed by atoms with Gasteiger partial charge >= 0.3 is 0 Å². The third-order valence-corrected chi connectivity index (χ3v) is 5.25. The van der Waals surface area contributed by atoms with Crippen LogP contribution in [0.25, 0.3) is 0 Å². The molecule has 2 aliphatic heterocycles. The minimum Gasteiger partial charge on any atom is -0.381 e. The molecule has 4 heteroatoms. The zero-order chi connectivity index (χ0) is 15.1. The van der Waals surface area contributed by atoms with Crippen LogP contribution in [0.15, 0.2) is 0 Å². The number of rotatable bonds is 9. The molecule has 124 valence electrons. The highest BCUT2D eigenvalue weighted by Crippen LogP contribution is 2.31. The number of ether oxygens (including phenoxy) is 1. The topological polar surface area (TPSA) is 27.7 Å². The van der Waals surface area contributed by atoms with E-state index in [9.17, 15) is 0 Å². The monoisotopic (exact) mass is 297 g/mol. The fraction of sp³-hybridized carbons (Fsp3) is 1.00. The normalized spacial score (nSPS) is 30.6. The molecule has 0 aromatic heterocycles. The molecule has 1 N–H and O–H groups in total. The van der Waals surface area contributed by atoms with Crippen molar-refractivity contribution in [1.82, 2.24) is 15.1 Å². The lowest BCUT2D eigenvalue weighted by molar-refractivity contribution is 0.113. The Bertz CT molecular complexity index is 288. The molecule has 0 aromatic rings. The molecule has 2 saturated heterocycles. The van der Waals surface area contributed by atoms with Crippen molar-refractivity contribution in [3.05, 3.63) is 0 Å². The summed E-state index contributed by atoms with van der Waals surface area (Å²) in [6, 6.07) is 0.767. The van der Waals surface area contributed by atoms with Crippen LogP contribution < -0.4 is 5.32 Å². The lowest BCUT2D eigenvalue weighted by atomic mass is 9.86. The second-order valence-electron chi connectivity index (χ2n) is 6.88. The van der Waals surface area contributed by atoms with Crippen LogP contribution in [0.4, 0.5) is 0 Å². The van der Waals surface area contributed by atoms with Crippen molar-refractivity contribution in [2.75, 3.05) is 59.0 Å². The number of nitrogens with one attached hydrogen (secondary N) is 1. The van der Waals surface area contributed by atoms with E-state index < -0.39 is 0 Å². The van der Waals surface area contributed by atoms with Gasteiger partial charge in [-0.2, -0.15) is 0 Å². The summed E-state index contributed by atoms with van der Waals surface area (Å²) >= 11 is 0. The number of hydrogen-bond acceptors (Lipinski definition) is 4. The van der Waals surface area contributed by atoms with E-state index in [4.69, 9.17) is 4.74 Å². The number of likely N-dealkylation sites (tertiary alicyclic amines) is 1. The predicted molar refractivity (Wildman–Crippen MR) is 88.8 cm³/mol. The van der Waals surface area contributed by atoms with Gasteiger partial charge in [-0.15, -0.1) is 0 Å². The van der Waals surface area contributed by atoms with E-state index in [1.165, 1.54) is 52.0 Å². The van der Waals surface area contributed by atoms with Gasteiger partial charge in [0, 0.05) is 37.7 Å². The van der Waals surface area contributed by atoms with Gasteiger partial charge in [-0.25, -0.2) is 0 Å². The molecule has 21 heavy (non-hydrogen) atoms. The predicted octanol–water partition coefficient (Wildman–Crippen LogP) is 1.81. The van der Waals surface area contributed by atoms with Crippen molar-refractivity contribution in [1.29, 1.82) is 0 Å². The van der Waals surface area contributed by atoms with Gasteiger partial charge < -0.3 is 15.0 Å². The molecule has 2 heterocycles. The van der Waals surface area contributed by atoms with E-state index in [1.807, 2.05) is 0 Å². The van der Waals surface area contributed by atoms with Crippen molar-refractivity contribution >= 4 is 0 Å². The van der Waals surface area contributed by atoms with E-state index in [-0.39, 0.29) is 0 Å². The first-order valence-electron chi connectivity index (χ1n) is 8.98. The van der Waals surface area contributed by atoms with Crippen LogP contribution in [0.1, 0.15) is 40.0 Å². The van der Waals surface area contributed by atoms with Gasteiger partial charge in [0.1, 0.15) is 0 Å². The third-order valence-electron chi connectivity index (χ3n) is 5.25. The van der Waals surface area contributed by atoms with Crippen LogP contribution in [0.5, 0.6) is 0 Å². The molecular weight excluding hydrogens is 262 g/mol. The lowest BCUT2D eigenvalue weighted by Crippen LogP contribution is -2.45. The molecule has 0 aliphatic carbocycles. The van der Waals surface area contributed by atoms with Crippen LogP contribution in [-0.2, 0) is 4.74 Å². The minimum absolute atomic E-state index is 0.354. The second-order valence-corrected chi connectivity index (χ2v) is 6.88. The molecule has 2 aliphatic rings. The molecular formula is C17H35N3O. The molecule has 0 spiro atoms. The highest BCUT2D eigenvalue weighted by molar-refractivity contribution is 4.92. The van der Waals surface area contributed by atoms with E-state index >= 15 is 0 Å². The zero-order valence-electron chi connectivity index (χ0n) is 14.4. The molecule has 2 rings (SSSR count). The van der Waals surface area contributed by atoms with Crippen LogP contribution in [-0.4, -0.2) is 74.9 Å². The van der Waals surface area contributed by atoms with E-state index in [0.717, 1.165) is 32.3 Å². The summed E-state index contributed by atoms with van der Waals surface area (Å²) in [4.78, 5) is 5.30. The molecule has 0 radical (unpaired) electrons. The van der Waals surface area contributed by atoms with Crippen molar-refractivity contribution in [2.45, 2.75) is 46.1 Å². The van der Waals surface area contributed by atoms with Crippen LogP contribution in [0.3, 0.4) is 0 Å². The number of nitrogens with zero attached hydrogens (tertiary/aromatic N) is 2. The fourth-order valence-electron chi connectivity index (χ4n) is 3.97. The third kappa shape index (κ3) is 4.65. The van der Waals surface area contributed by atoms with Gasteiger partial charge in [-0.05, 0) is 45.4 Å². The molecule has 0 bridgehead atoms. The summed E-state index contributed by atoms with van der Waals surface area (Å²) in [6.07, 6.45) is 3.77. The summed E-state index contributed by atoms with van der Waals surface area (Å²) in [5, 5.41) is 3.63. The number of likely N-dealkylation sites (N-methyl/N-ethyl adjacent to an activating group) is 1. The Kier molecular flexibility index (Phi) is 6.93. The van der Waals surface area contributed by atoms with Gasteiger partial charge in [0.15, 0.2) is 0 Å². The average Bonchev–Trinajstić information content (AvgIpc) is 3.12. The summed E-state index contributed by atoms with van der Waals surface area (Å²) in [5.74, 6) is 0. The minimum atomic E-state index is 0.354. The van der Waals surface area contributed by atoms with E-state index in [2.05, 4.69) is 35.9 Å². The Morgan fingerprint density at radius 1 is 1.29 bits per heavy atom. The van der Waals surface area contributed by atoms with E-state index in [0.29, 0.717) is 5.41 Å². The Balaban J connectivity index is 1.84. The summed E-state index contributed by atoms with van der Waals surface area (Å²) in [5.41, 5.74) is 0.354. The highest BCUT2D eigenvalue weighted by atomic mass is 16.5. The first-order valence-corrected chi connectivity index (χ1v) is 8.98. The summed E-state index contributed by atoms with van der Waals surface area (Å²) in [7, 11) is 0. The Hall–Kier alpha value is -0.160. The van der Waals surface area contributed by atoms with Gasteiger partial charge in [-0.1, -0.05) is 20.8 Å².